The van der Waals surface area contributed by atoms with Crippen molar-refractivity contribution in [3.05, 3.63) is 0 Å². The smallest absolute Gasteiger partial charge is 0.741 e. The molecule has 34 heavy (non-hydrogen) atoms. The predicted octanol–water partition coefficient (Wildman–Crippen LogP) is -8.14. The minimum absolute atomic E-state index is 0. The van der Waals surface area contributed by atoms with Crippen LogP contribution in [0.5, 0.6) is 0 Å². The second-order valence-electron chi connectivity index (χ2n) is 2.70. The summed E-state index contributed by atoms with van der Waals surface area (Å²) in [4.78, 5) is 0. The summed E-state index contributed by atoms with van der Waals surface area (Å²) in [5.41, 5.74) is -16.9. The molecule has 27 N–H and O–H groups in total. The molecule has 0 rings (SSSR count). The fourth-order valence-electron chi connectivity index (χ4n) is 0. The van der Waals surface area contributed by atoms with Crippen LogP contribution in [0.15, 0.2) is 0 Å². The number of rotatable bonds is 0. The zero-order chi connectivity index (χ0) is 21.0. The fraction of sp³-hybridized carbons (Fsp3) is 1.00. The van der Waals surface area contributed by atoms with Crippen LogP contribution in [-0.4, -0.2) is 55.4 Å². The van der Waals surface area contributed by atoms with Gasteiger partial charge in [-0.1, -0.05) is 0 Å². The molecule has 0 aliphatic heterocycles. The van der Waals surface area contributed by atoms with E-state index >= 15 is 0 Å². The monoisotopic (exact) mass is 793 g/mol. The Morgan fingerprint density at radius 3 is 0.382 bits per heavy atom. The van der Waals surface area contributed by atoms with Gasteiger partial charge in [-0.25, -0.2) is 25.3 Å². The Morgan fingerprint density at radius 1 is 0.353 bits per heavy atom. The van der Waals surface area contributed by atoms with Crippen molar-refractivity contribution in [1.29, 1.82) is 0 Å². The van der Waals surface area contributed by atoms with Crippen molar-refractivity contribution in [2.45, 2.75) is 16.5 Å². The van der Waals surface area contributed by atoms with Crippen LogP contribution in [0.25, 0.3) is 0 Å². The quantitative estimate of drug-likeness (QED) is 0.0971. The summed E-state index contributed by atoms with van der Waals surface area (Å²) in [6.45, 7) is 0. The Kier molecular flexibility index (Phi) is 64.3. The van der Waals surface area contributed by atoms with E-state index in [0.29, 0.717) is 0 Å². The maximum absolute atomic E-state index is 10.7. The van der Waals surface area contributed by atoms with Gasteiger partial charge in [-0.15, -0.1) is 0 Å². The number of halogens is 9. The molecule has 0 radical (unpaired) electrons. The van der Waals surface area contributed by atoms with Crippen LogP contribution in [0.1, 0.15) is 0 Å². The van der Waals surface area contributed by atoms with Gasteiger partial charge >= 0.3 is 53.4 Å². The third-order valence-electron chi connectivity index (χ3n) is 0.850. The molecule has 0 heterocycles. The van der Waals surface area contributed by atoms with Crippen molar-refractivity contribution in [3.63, 3.8) is 0 Å². The van der Waals surface area contributed by atoms with Gasteiger partial charge < -0.3 is 62.9 Å². The van der Waals surface area contributed by atoms with Crippen LogP contribution in [0.2, 0.25) is 0 Å². The molecule has 0 aliphatic carbocycles. The van der Waals surface area contributed by atoms with Crippen LogP contribution < -0.4 is 0 Å². The van der Waals surface area contributed by atoms with Crippen LogP contribution in [0.4, 0.5) is 39.5 Å². The predicted molar refractivity (Wildman–Crippen MR) is 91.1 cm³/mol. The van der Waals surface area contributed by atoms with Gasteiger partial charge in [-0.05, 0) is 0 Å². The second-order valence-corrected chi connectivity index (χ2v) is 6.81. The van der Waals surface area contributed by atoms with Gasteiger partial charge in [0.05, 0.1) is 0 Å². The first-order valence-electron chi connectivity index (χ1n) is 3.81. The Morgan fingerprint density at radius 2 is 0.382 bits per heavy atom. The Balaban J connectivity index is -0.0000000154. The molecule has 0 atom stereocenters. The molecule has 0 unspecified atom stereocenters. The van der Waals surface area contributed by atoms with E-state index in [0.717, 1.165) is 0 Å². The van der Waals surface area contributed by atoms with E-state index in [1.54, 1.807) is 0 Å². The summed E-state index contributed by atoms with van der Waals surface area (Å²) >= 11 is 0. The molecule has 0 amide bonds. The Bertz CT molecular complexity index is 607. The van der Waals surface area contributed by atoms with Gasteiger partial charge in [0.2, 0.25) is 0 Å². The van der Waals surface area contributed by atoms with Crippen molar-refractivity contribution in [2.24, 2.45) is 0 Å². The molecule has 0 aliphatic rings. The summed E-state index contributed by atoms with van der Waals surface area (Å²) < 4.78 is 177. The molecule has 18 nitrogen and oxygen atoms in total. The Hall–Kier alpha value is -0.0262. The zero-order valence-electron chi connectivity index (χ0n) is 15.3. The molecule has 31 heteroatoms. The average molecular weight is 793 g/mol. The van der Waals surface area contributed by atoms with E-state index in [2.05, 4.69) is 0 Å². The minimum atomic E-state index is -6.09. The topological polar surface area (TPSA) is 469 Å². The maximum Gasteiger partial charge on any atom is 3.00 e. The molecule has 0 aromatic heterocycles. The van der Waals surface area contributed by atoms with Crippen LogP contribution >= 0.6 is 0 Å². The fourth-order valence-corrected chi connectivity index (χ4v) is 0. The molecule has 0 bridgehead atoms. The largest absolute Gasteiger partial charge is 3.00 e. The van der Waals surface area contributed by atoms with Crippen molar-refractivity contribution >= 4 is 30.4 Å². The van der Waals surface area contributed by atoms with E-state index in [4.69, 9.17) is 38.9 Å². The third-order valence-corrected chi connectivity index (χ3v) is 2.55. The van der Waals surface area contributed by atoms with Crippen LogP contribution in [0, 0.1) is 36.9 Å². The third kappa shape index (κ3) is 42.2. The molecule has 0 aromatic rings. The Labute approximate surface area is 210 Å². The molecule has 234 valence electrons. The first kappa shape index (κ1) is 84.0. The standard InChI is InChI=1S/3CHF3O3S.Lu.9H2O/c3*2-1(3,4)8(5,6)7;;;;;;;;;;/h3*(H,5,6,7);;9*1H2/q;;;+3;;;;;;;;;/p+6. The number of alkyl halides is 9. The van der Waals surface area contributed by atoms with Crippen molar-refractivity contribution < 1.29 is 165 Å². The van der Waals surface area contributed by atoms with Crippen molar-refractivity contribution in [1.82, 2.24) is 0 Å². The number of hydrogen-bond donors (Lipinski definition) is 0. The average Bonchev–Trinajstić information content (AvgIpc) is 2.08. The van der Waals surface area contributed by atoms with Crippen LogP contribution in [0.3, 0.4) is 0 Å². The molecular weight excluding hydrogens is 766 g/mol. The SMILES string of the molecule is O=S(=O)([O-])C(F)(F)F.O=S(=O)([O-])C(F)(F)F.O=S(=O)([O-])C(F)(F)F.[Lu+3].[OH3+].[OH3+].[OH3+].[OH3+].[OH3+].[OH3+].[OH3+].[OH3+].[OH3+]. The van der Waals surface area contributed by atoms with E-state index < -0.39 is 46.9 Å². The summed E-state index contributed by atoms with van der Waals surface area (Å²) in [6.07, 6.45) is 0. The van der Waals surface area contributed by atoms with E-state index in [9.17, 15) is 39.5 Å². The van der Waals surface area contributed by atoms with E-state index in [-0.39, 0.29) is 86.2 Å². The first-order valence-corrected chi connectivity index (χ1v) is 8.04. The van der Waals surface area contributed by atoms with Gasteiger partial charge in [-0.3, -0.25) is 0 Å². The van der Waals surface area contributed by atoms with Gasteiger partial charge in [0, 0.05) is 0 Å². The van der Waals surface area contributed by atoms with Crippen LogP contribution in [-0.2, 0) is 79.6 Å². The molecule has 0 aromatic carbocycles. The second kappa shape index (κ2) is 26.0. The number of hydrogen-bond acceptors (Lipinski definition) is 9. The minimum Gasteiger partial charge on any atom is -0.741 e. The van der Waals surface area contributed by atoms with Crippen molar-refractivity contribution in [3.8, 4) is 0 Å². The first-order chi connectivity index (χ1) is 9.75. The van der Waals surface area contributed by atoms with Gasteiger partial charge in [0.25, 0.3) is 0 Å². The summed E-state index contributed by atoms with van der Waals surface area (Å²) in [5.74, 6) is 0. The molecular formula is C3H27F9LuO18S3+9. The van der Waals surface area contributed by atoms with Gasteiger partial charge in [0.1, 0.15) is 0 Å². The van der Waals surface area contributed by atoms with E-state index in [1.165, 1.54) is 0 Å². The molecule has 0 saturated heterocycles. The van der Waals surface area contributed by atoms with Gasteiger partial charge in [0.15, 0.2) is 30.4 Å². The molecule has 0 fully saturated rings. The summed E-state index contributed by atoms with van der Waals surface area (Å²) in [6, 6.07) is 0. The normalized spacial score (nSPS) is 9.88. The maximum atomic E-state index is 10.7. The van der Waals surface area contributed by atoms with E-state index in [1.807, 2.05) is 0 Å². The zero-order valence-corrected chi connectivity index (χ0v) is 19.4. The molecule has 0 spiro atoms. The van der Waals surface area contributed by atoms with Crippen molar-refractivity contribution in [2.75, 3.05) is 0 Å². The molecule has 0 saturated carbocycles. The summed E-state index contributed by atoms with van der Waals surface area (Å²) in [5, 5.41) is 0. The summed E-state index contributed by atoms with van der Waals surface area (Å²) in [7, 11) is -18.3. The van der Waals surface area contributed by atoms with Gasteiger partial charge in [-0.2, -0.15) is 39.5 Å².